The minimum Gasteiger partial charge on any atom is -0.379 e. The molecule has 5 rings (SSSR count). The zero-order chi connectivity index (χ0) is 25.8. The molecule has 3 aromatic carbocycles. The molecule has 1 atom stereocenters. The van der Waals surface area contributed by atoms with Crippen LogP contribution in [-0.2, 0) is 16.0 Å². The second-order valence-electron chi connectivity index (χ2n) is 9.33. The molecule has 6 nitrogen and oxygen atoms in total. The van der Waals surface area contributed by atoms with Crippen molar-refractivity contribution in [3.63, 3.8) is 0 Å². The lowest BCUT2D eigenvalue weighted by molar-refractivity contribution is -0.115. The molecule has 0 unspecified atom stereocenters. The van der Waals surface area contributed by atoms with Crippen LogP contribution in [0.1, 0.15) is 18.1 Å². The van der Waals surface area contributed by atoms with Gasteiger partial charge in [-0.3, -0.25) is 14.3 Å². The Bertz CT molecular complexity index is 1400. The summed E-state index contributed by atoms with van der Waals surface area (Å²) in [6, 6.07) is 22.3. The Labute approximate surface area is 227 Å². The fraction of sp³-hybridized carbons (Fsp3) is 0.310. The second kappa shape index (κ2) is 11.7. The number of morpholine rings is 1. The van der Waals surface area contributed by atoms with E-state index in [1.54, 1.807) is 0 Å². The summed E-state index contributed by atoms with van der Waals surface area (Å²) < 4.78 is 7.63. The van der Waals surface area contributed by atoms with E-state index in [0.717, 1.165) is 66.7 Å². The van der Waals surface area contributed by atoms with Crippen LogP contribution < -0.4 is 5.32 Å². The van der Waals surface area contributed by atoms with Crippen LogP contribution in [0, 0.1) is 6.92 Å². The lowest BCUT2D eigenvalue weighted by atomic mass is 10.1. The lowest BCUT2D eigenvalue weighted by Crippen LogP contribution is -2.37. The molecule has 4 aromatic rings. The van der Waals surface area contributed by atoms with Crippen molar-refractivity contribution in [2.24, 2.45) is 0 Å². The van der Waals surface area contributed by atoms with Gasteiger partial charge in [-0.05, 0) is 67.8 Å². The van der Waals surface area contributed by atoms with Crippen LogP contribution in [0.4, 0.5) is 5.69 Å². The SMILES string of the molecule is Cc1ccc(NC(=O)[C@@H](C)Sc2nc3ccccc3n2-c2cccc(CCN3CCOCC3)c2)c(Cl)c1. The third kappa shape index (κ3) is 6.18. The molecule has 8 heteroatoms. The molecule has 0 radical (unpaired) electrons. The van der Waals surface area contributed by atoms with E-state index in [1.807, 2.05) is 50.2 Å². The number of hydrogen-bond donors (Lipinski definition) is 1. The number of imidazole rings is 1. The van der Waals surface area contributed by atoms with Gasteiger partial charge in [0, 0.05) is 25.3 Å². The van der Waals surface area contributed by atoms with E-state index < -0.39 is 0 Å². The summed E-state index contributed by atoms with van der Waals surface area (Å²) in [6.45, 7) is 8.47. The molecule has 37 heavy (non-hydrogen) atoms. The molecule has 1 aliphatic heterocycles. The molecule has 0 saturated carbocycles. The van der Waals surface area contributed by atoms with Crippen LogP contribution in [0.25, 0.3) is 16.7 Å². The number of halogens is 1. The molecular weight excluding hydrogens is 504 g/mol. The van der Waals surface area contributed by atoms with Gasteiger partial charge in [0.25, 0.3) is 0 Å². The number of amides is 1. The standard InChI is InChI=1S/C29H31ClN4O2S/c1-20-10-11-25(24(30)18-20)31-28(35)21(2)37-29-32-26-8-3-4-9-27(26)34(29)23-7-5-6-22(19-23)12-13-33-14-16-36-17-15-33/h3-11,18-19,21H,12-17H2,1-2H3,(H,31,35)/t21-/m1/s1. The Balaban J connectivity index is 1.38. The highest BCUT2D eigenvalue weighted by molar-refractivity contribution is 8.00. The fourth-order valence-corrected chi connectivity index (χ4v) is 5.69. The van der Waals surface area contributed by atoms with Gasteiger partial charge in [-0.2, -0.15) is 0 Å². The number of aromatic nitrogens is 2. The molecule has 192 valence electrons. The highest BCUT2D eigenvalue weighted by Crippen LogP contribution is 2.32. The average Bonchev–Trinajstić information content (AvgIpc) is 3.27. The van der Waals surface area contributed by atoms with Gasteiger partial charge in [0.2, 0.25) is 5.91 Å². The first-order valence-corrected chi connectivity index (χ1v) is 13.8. The summed E-state index contributed by atoms with van der Waals surface area (Å²) in [5.41, 5.74) is 5.90. The molecule has 0 aliphatic carbocycles. The lowest BCUT2D eigenvalue weighted by Gasteiger charge is -2.26. The third-order valence-electron chi connectivity index (χ3n) is 6.55. The van der Waals surface area contributed by atoms with Crippen LogP contribution in [0.3, 0.4) is 0 Å². The number of fused-ring (bicyclic) bond motifs is 1. The maximum atomic E-state index is 13.1. The van der Waals surface area contributed by atoms with Gasteiger partial charge in [-0.25, -0.2) is 4.98 Å². The Morgan fingerprint density at radius 1 is 1.11 bits per heavy atom. The number of hydrogen-bond acceptors (Lipinski definition) is 5. The van der Waals surface area contributed by atoms with Crippen molar-refractivity contribution in [2.75, 3.05) is 38.2 Å². The monoisotopic (exact) mass is 534 g/mol. The normalized spacial score (nSPS) is 15.1. The topological polar surface area (TPSA) is 59.4 Å². The van der Waals surface area contributed by atoms with E-state index in [2.05, 4.69) is 45.1 Å². The molecule has 1 amide bonds. The number of rotatable bonds is 8. The zero-order valence-corrected chi connectivity index (χ0v) is 22.7. The van der Waals surface area contributed by atoms with E-state index in [-0.39, 0.29) is 11.2 Å². The molecule has 1 saturated heterocycles. The number of aryl methyl sites for hydroxylation is 1. The predicted molar refractivity (Wildman–Crippen MR) is 152 cm³/mol. The van der Waals surface area contributed by atoms with E-state index in [4.69, 9.17) is 21.3 Å². The summed E-state index contributed by atoms with van der Waals surface area (Å²) in [7, 11) is 0. The summed E-state index contributed by atoms with van der Waals surface area (Å²) in [6.07, 6.45) is 0.971. The highest BCUT2D eigenvalue weighted by atomic mass is 35.5. The van der Waals surface area contributed by atoms with Gasteiger partial charge < -0.3 is 10.1 Å². The van der Waals surface area contributed by atoms with Crippen molar-refractivity contribution in [3.8, 4) is 5.69 Å². The summed E-state index contributed by atoms with van der Waals surface area (Å²) >= 11 is 7.78. The van der Waals surface area contributed by atoms with Gasteiger partial charge in [-0.1, -0.05) is 53.7 Å². The number of carbonyl (C=O) groups excluding carboxylic acids is 1. The van der Waals surface area contributed by atoms with Crippen molar-refractivity contribution < 1.29 is 9.53 Å². The summed E-state index contributed by atoms with van der Waals surface area (Å²) in [5, 5.41) is 3.90. The van der Waals surface area contributed by atoms with E-state index in [9.17, 15) is 4.79 Å². The molecule has 1 aromatic heterocycles. The van der Waals surface area contributed by atoms with E-state index in [0.29, 0.717) is 10.7 Å². The van der Waals surface area contributed by atoms with Crippen LogP contribution >= 0.6 is 23.4 Å². The van der Waals surface area contributed by atoms with Crippen LogP contribution in [-0.4, -0.2) is 58.5 Å². The largest absolute Gasteiger partial charge is 0.379 e. The van der Waals surface area contributed by atoms with Crippen LogP contribution in [0.15, 0.2) is 71.9 Å². The molecule has 1 N–H and O–H groups in total. The number of para-hydroxylation sites is 2. The van der Waals surface area contributed by atoms with Crippen molar-refractivity contribution in [1.82, 2.24) is 14.5 Å². The maximum Gasteiger partial charge on any atom is 0.237 e. The number of thioether (sulfide) groups is 1. The zero-order valence-electron chi connectivity index (χ0n) is 21.1. The Morgan fingerprint density at radius 2 is 1.92 bits per heavy atom. The van der Waals surface area contributed by atoms with E-state index in [1.165, 1.54) is 17.3 Å². The maximum absolute atomic E-state index is 13.1. The van der Waals surface area contributed by atoms with Crippen molar-refractivity contribution in [1.29, 1.82) is 0 Å². The van der Waals surface area contributed by atoms with Crippen molar-refractivity contribution >= 4 is 46.0 Å². The molecule has 1 aliphatic rings. The minimum atomic E-state index is -0.377. The third-order valence-corrected chi connectivity index (χ3v) is 7.92. The number of benzene rings is 3. The highest BCUT2D eigenvalue weighted by Gasteiger charge is 2.21. The van der Waals surface area contributed by atoms with Crippen molar-refractivity contribution in [2.45, 2.75) is 30.7 Å². The molecule has 1 fully saturated rings. The summed E-state index contributed by atoms with van der Waals surface area (Å²) in [4.78, 5) is 20.4. The number of nitrogens with zero attached hydrogens (tertiary/aromatic N) is 3. The van der Waals surface area contributed by atoms with Gasteiger partial charge >= 0.3 is 0 Å². The first-order valence-electron chi connectivity index (χ1n) is 12.6. The molecular formula is C29H31ClN4O2S. The number of nitrogens with one attached hydrogen (secondary N) is 1. The first-order chi connectivity index (χ1) is 18.0. The smallest absolute Gasteiger partial charge is 0.237 e. The van der Waals surface area contributed by atoms with Gasteiger partial charge in [-0.15, -0.1) is 0 Å². The van der Waals surface area contributed by atoms with Crippen LogP contribution in [0.5, 0.6) is 0 Å². The Kier molecular flexibility index (Phi) is 8.15. The van der Waals surface area contributed by atoms with Gasteiger partial charge in [0.1, 0.15) is 0 Å². The number of ether oxygens (including phenoxy) is 1. The van der Waals surface area contributed by atoms with E-state index >= 15 is 0 Å². The van der Waals surface area contributed by atoms with Gasteiger partial charge in [0.15, 0.2) is 5.16 Å². The number of carbonyl (C=O) groups is 1. The van der Waals surface area contributed by atoms with Gasteiger partial charge in [0.05, 0.1) is 40.2 Å². The Hall–Kier alpha value is -2.84. The number of anilines is 1. The first kappa shape index (κ1) is 25.8. The molecule has 2 heterocycles. The quantitative estimate of drug-likeness (QED) is 0.282. The molecule has 0 spiro atoms. The average molecular weight is 535 g/mol. The Morgan fingerprint density at radius 3 is 2.73 bits per heavy atom. The van der Waals surface area contributed by atoms with Crippen molar-refractivity contribution in [3.05, 3.63) is 82.9 Å². The minimum absolute atomic E-state index is 0.117. The fourth-order valence-electron chi connectivity index (χ4n) is 4.46. The summed E-state index contributed by atoms with van der Waals surface area (Å²) in [5.74, 6) is -0.117. The predicted octanol–water partition coefficient (Wildman–Crippen LogP) is 5.98. The second-order valence-corrected chi connectivity index (χ2v) is 11.0. The molecule has 0 bridgehead atoms. The van der Waals surface area contributed by atoms with Crippen LogP contribution in [0.2, 0.25) is 5.02 Å².